The number of hydrogen-bond acceptors (Lipinski definition) is 14. The SMILES string of the molecule is C.C.C.C.C=C(C)C(=O)OCCNC(=O)OCCOC(CCCCC)CCCCCCC.C=C(C)C(=O)OCCOC(CCCCC)CCCCCCC.C=C(C)c1cccc(C(C)(C)NC(=O)OCCOC(CCCCC)CCCCCCC)c1.C=CC(=O)OCCOC(CCCCC)CCCCCCC. The van der Waals surface area contributed by atoms with E-state index in [4.69, 9.17) is 42.6 Å². The molecule has 16 heteroatoms. The van der Waals surface area contributed by atoms with Gasteiger partial charge in [0.25, 0.3) is 0 Å². The Bertz CT molecular complexity index is 2220. The number of esters is 3. The van der Waals surface area contributed by atoms with Crippen LogP contribution in [0.3, 0.4) is 0 Å². The Morgan fingerprint density at radius 2 is 0.664 bits per heavy atom. The first-order valence-corrected chi connectivity index (χ1v) is 41.2. The van der Waals surface area contributed by atoms with Crippen molar-refractivity contribution in [1.29, 1.82) is 0 Å². The van der Waals surface area contributed by atoms with Crippen LogP contribution in [0.25, 0.3) is 5.57 Å². The van der Waals surface area contributed by atoms with Crippen molar-refractivity contribution < 1.29 is 66.6 Å². The Morgan fingerprint density at radius 1 is 0.383 bits per heavy atom. The Kier molecular flexibility index (Phi) is 91.5. The number of nitrogens with one attached hydrogen (secondary N) is 2. The average Bonchev–Trinajstić information content (AvgIpc) is 0.829. The van der Waals surface area contributed by atoms with Crippen LogP contribution in [0.4, 0.5) is 9.59 Å². The Labute approximate surface area is 661 Å². The number of hydrogen-bond donors (Lipinski definition) is 2. The number of carbonyl (C=O) groups is 5. The van der Waals surface area contributed by atoms with Crippen molar-refractivity contribution in [3.8, 4) is 0 Å². The first-order valence-electron chi connectivity index (χ1n) is 41.2. The van der Waals surface area contributed by atoms with E-state index < -0.39 is 23.7 Å². The molecule has 0 aromatic heterocycles. The van der Waals surface area contributed by atoms with Gasteiger partial charge in [-0.15, -0.1) is 0 Å². The van der Waals surface area contributed by atoms with Crippen LogP contribution < -0.4 is 10.6 Å². The van der Waals surface area contributed by atoms with Crippen molar-refractivity contribution >= 4 is 35.7 Å². The van der Waals surface area contributed by atoms with E-state index in [0.29, 0.717) is 63.0 Å². The van der Waals surface area contributed by atoms with Gasteiger partial charge in [0.2, 0.25) is 0 Å². The number of unbranched alkanes of at least 4 members (excludes halogenated alkanes) is 24. The predicted octanol–water partition coefficient (Wildman–Crippen LogP) is 26.2. The fraction of sp³-hybridized carbons (Fsp3) is 0.791. The van der Waals surface area contributed by atoms with Crippen LogP contribution in [0, 0.1) is 0 Å². The lowest BCUT2D eigenvalue weighted by Gasteiger charge is -2.27. The topological polar surface area (TPSA) is 192 Å². The van der Waals surface area contributed by atoms with Crippen molar-refractivity contribution in [2.24, 2.45) is 0 Å². The molecule has 2 amide bonds. The number of amides is 2. The maximum absolute atomic E-state index is 12.4. The van der Waals surface area contributed by atoms with Crippen LogP contribution >= 0.6 is 0 Å². The number of carbonyl (C=O) groups excluding carboxylic acids is 5. The van der Waals surface area contributed by atoms with Gasteiger partial charge in [-0.2, -0.15) is 0 Å². The molecular formula is C91H174N2O14. The van der Waals surface area contributed by atoms with Gasteiger partial charge in [-0.1, -0.05) is 341 Å². The molecule has 1 rings (SSSR count). The number of benzene rings is 1. The molecule has 632 valence electrons. The van der Waals surface area contributed by atoms with Crippen molar-refractivity contribution in [1.82, 2.24) is 10.6 Å². The van der Waals surface area contributed by atoms with Crippen molar-refractivity contribution in [3.05, 3.63) is 78.9 Å². The molecule has 0 heterocycles. The maximum Gasteiger partial charge on any atom is 0.407 e. The Balaban J connectivity index is -0.000000250. The zero-order chi connectivity index (χ0) is 77.3. The third-order valence-corrected chi connectivity index (χ3v) is 17.7. The summed E-state index contributed by atoms with van der Waals surface area (Å²) in [6.45, 7) is 44.7. The predicted molar refractivity (Wildman–Crippen MR) is 457 cm³/mol. The van der Waals surface area contributed by atoms with Gasteiger partial charge in [0.1, 0.15) is 33.0 Å². The standard InChI is InChI=1S/C28H47NO3.C22H41NO5.C19H36O3.C18H34O3.4CH4/c1-7-9-11-12-14-19-26(18-13-10-8-2)31-20-21-32-27(30)29-28(5,6)25-17-15-16-24(22-25)23(3)4;1-5-7-9-10-12-14-20(13-11-8-6-2)26-17-18-28-22(25)23-15-16-27-21(24)19(3)4;1-5-7-9-10-12-14-18(13-11-8-6-2)21-15-16-22-19(20)17(3)4;1-4-7-9-10-12-14-17(13-11-8-5-2)20-15-16-21-18(19)6-3;;;;/h15-17,22,26H,3,7-14,18-21H2,1-2,4-6H3,(H,29,30);20H,3,5-18H2,1-2,4H3,(H,23,25);18H,3,5-16H2,1-2,4H3;6,17H,3-5,7-16H2,1-2H3;4*1H4. The van der Waals surface area contributed by atoms with E-state index in [-0.39, 0.29) is 80.2 Å². The number of ether oxygens (including phenoxy) is 9. The number of alkyl carbamates (subject to hydrolysis) is 2. The summed E-state index contributed by atoms with van der Waals surface area (Å²) in [7, 11) is 0. The molecule has 4 unspecified atom stereocenters. The van der Waals surface area contributed by atoms with E-state index in [9.17, 15) is 24.0 Å². The highest BCUT2D eigenvalue weighted by Gasteiger charge is 2.24. The van der Waals surface area contributed by atoms with E-state index in [0.717, 1.165) is 68.1 Å². The molecule has 107 heavy (non-hydrogen) atoms. The van der Waals surface area contributed by atoms with E-state index in [2.05, 4.69) is 98.4 Å². The third-order valence-electron chi connectivity index (χ3n) is 17.7. The zero-order valence-electron chi connectivity index (χ0n) is 68.6. The van der Waals surface area contributed by atoms with Gasteiger partial charge < -0.3 is 53.3 Å². The quantitative estimate of drug-likeness (QED) is 0.0271. The van der Waals surface area contributed by atoms with Crippen LogP contribution in [0.1, 0.15) is 388 Å². The molecule has 0 radical (unpaired) electrons. The molecule has 4 atom stereocenters. The van der Waals surface area contributed by atoms with Crippen molar-refractivity contribution in [3.63, 3.8) is 0 Å². The van der Waals surface area contributed by atoms with Gasteiger partial charge in [0, 0.05) is 17.2 Å². The summed E-state index contributed by atoms with van der Waals surface area (Å²) in [5.74, 6) is -1.17. The molecular weight excluding hydrogens is 1350 g/mol. The molecule has 0 aliphatic rings. The van der Waals surface area contributed by atoms with Gasteiger partial charge in [-0.3, -0.25) is 0 Å². The summed E-state index contributed by atoms with van der Waals surface area (Å²) in [5.41, 5.74) is 3.33. The number of rotatable bonds is 65. The minimum atomic E-state index is -0.537. The molecule has 0 aliphatic carbocycles. The lowest BCUT2D eigenvalue weighted by molar-refractivity contribution is -0.141. The largest absolute Gasteiger partial charge is 0.460 e. The van der Waals surface area contributed by atoms with E-state index >= 15 is 0 Å². The highest BCUT2D eigenvalue weighted by atomic mass is 16.6. The van der Waals surface area contributed by atoms with E-state index in [1.807, 2.05) is 39.0 Å². The summed E-state index contributed by atoms with van der Waals surface area (Å²) in [4.78, 5) is 57.4. The molecule has 16 nitrogen and oxygen atoms in total. The summed E-state index contributed by atoms with van der Waals surface area (Å²) in [6.07, 6.45) is 50.6. The monoisotopic (exact) mass is 1520 g/mol. The fourth-order valence-corrected chi connectivity index (χ4v) is 11.2. The second-order valence-electron chi connectivity index (χ2n) is 28.3. The minimum absolute atomic E-state index is 0. The maximum atomic E-state index is 12.4. The average molecular weight is 1520 g/mol. The zero-order valence-corrected chi connectivity index (χ0v) is 68.6. The number of allylic oxidation sites excluding steroid dienone is 1. The van der Waals surface area contributed by atoms with Gasteiger partial charge in [-0.25, -0.2) is 24.0 Å². The Morgan fingerprint density at radius 3 is 0.972 bits per heavy atom. The molecule has 0 saturated carbocycles. The molecule has 2 N–H and O–H groups in total. The molecule has 0 bridgehead atoms. The smallest absolute Gasteiger partial charge is 0.407 e. The fourth-order valence-electron chi connectivity index (χ4n) is 11.2. The normalized spacial score (nSPS) is 11.6. The van der Waals surface area contributed by atoms with E-state index in [1.165, 1.54) is 212 Å². The van der Waals surface area contributed by atoms with E-state index in [1.54, 1.807) is 13.8 Å². The van der Waals surface area contributed by atoms with Crippen LogP contribution in [0.15, 0.2) is 67.8 Å². The molecule has 1 aromatic carbocycles. The van der Waals surface area contributed by atoms with Gasteiger partial charge in [0.15, 0.2) is 0 Å². The minimum Gasteiger partial charge on any atom is -0.460 e. The van der Waals surface area contributed by atoms with Gasteiger partial charge >= 0.3 is 30.1 Å². The highest BCUT2D eigenvalue weighted by Crippen LogP contribution is 2.25. The molecule has 0 aliphatic heterocycles. The van der Waals surface area contributed by atoms with Crippen LogP contribution in [0.5, 0.6) is 0 Å². The van der Waals surface area contributed by atoms with Crippen molar-refractivity contribution in [2.75, 3.05) is 66.0 Å². The molecule has 0 saturated heterocycles. The molecule has 0 spiro atoms. The van der Waals surface area contributed by atoms with Crippen LogP contribution in [-0.2, 0) is 62.6 Å². The van der Waals surface area contributed by atoms with Crippen LogP contribution in [-0.4, -0.2) is 121 Å². The summed E-state index contributed by atoms with van der Waals surface area (Å²) < 4.78 is 49.2. The molecule has 0 fully saturated rings. The second kappa shape index (κ2) is 85.0. The second-order valence-corrected chi connectivity index (χ2v) is 28.3. The summed E-state index contributed by atoms with van der Waals surface area (Å²) in [6, 6.07) is 8.09. The Hall–Kier alpha value is -5.03. The molecule has 1 aromatic rings. The lowest BCUT2D eigenvalue weighted by atomic mass is 9.92. The highest BCUT2D eigenvalue weighted by molar-refractivity contribution is 5.87. The summed E-state index contributed by atoms with van der Waals surface area (Å²) in [5, 5.41) is 5.51. The van der Waals surface area contributed by atoms with Crippen LogP contribution in [0.2, 0.25) is 0 Å². The van der Waals surface area contributed by atoms with Crippen molar-refractivity contribution in [2.45, 2.75) is 407 Å². The lowest BCUT2D eigenvalue weighted by Crippen LogP contribution is -2.41. The van der Waals surface area contributed by atoms with Gasteiger partial charge in [0.05, 0.1) is 62.9 Å². The summed E-state index contributed by atoms with van der Waals surface area (Å²) >= 11 is 0. The van der Waals surface area contributed by atoms with Gasteiger partial charge in [-0.05, 0) is 103 Å². The first-order chi connectivity index (χ1) is 49.7. The third kappa shape index (κ3) is 77.5. The first kappa shape index (κ1) is 115.